The van der Waals surface area contributed by atoms with Crippen molar-refractivity contribution in [2.24, 2.45) is 0 Å². The van der Waals surface area contributed by atoms with Crippen molar-refractivity contribution < 1.29 is 5.11 Å². The van der Waals surface area contributed by atoms with Gasteiger partial charge in [-0.15, -0.1) is 0 Å². The first kappa shape index (κ1) is 13.0. The van der Waals surface area contributed by atoms with Gasteiger partial charge < -0.3 is 10.4 Å². The van der Waals surface area contributed by atoms with Crippen LogP contribution in [0.5, 0.6) is 5.75 Å². The number of aromatic hydroxyl groups is 1. The third kappa shape index (κ3) is 2.99. The Morgan fingerprint density at radius 1 is 1.25 bits per heavy atom. The zero-order valence-corrected chi connectivity index (χ0v) is 10.8. The Balaban J connectivity index is 2.71. The number of rotatable bonds is 5. The average molecular weight is 221 g/mol. The quantitative estimate of drug-likeness (QED) is 0.799. The van der Waals surface area contributed by atoms with Crippen LogP contribution in [0.3, 0.4) is 0 Å². The van der Waals surface area contributed by atoms with Gasteiger partial charge in [0.1, 0.15) is 5.75 Å². The summed E-state index contributed by atoms with van der Waals surface area (Å²) in [6.45, 7) is 9.25. The summed E-state index contributed by atoms with van der Waals surface area (Å²) in [5.74, 6) is 0.421. The molecule has 0 bridgehead atoms. The normalized spacial score (nSPS) is 11.8. The fourth-order valence-electron chi connectivity index (χ4n) is 1.67. The monoisotopic (exact) mass is 221 g/mol. The van der Waals surface area contributed by atoms with Crippen molar-refractivity contribution in [3.63, 3.8) is 0 Å². The first-order valence-corrected chi connectivity index (χ1v) is 6.05. The number of phenols is 1. The summed E-state index contributed by atoms with van der Waals surface area (Å²) >= 11 is 0. The third-order valence-corrected chi connectivity index (χ3v) is 3.59. The van der Waals surface area contributed by atoms with Crippen LogP contribution in [0.25, 0.3) is 0 Å². The molecule has 1 rings (SSSR count). The molecule has 0 amide bonds. The lowest BCUT2D eigenvalue weighted by Gasteiger charge is -2.28. The van der Waals surface area contributed by atoms with E-state index in [1.54, 1.807) is 0 Å². The average Bonchev–Trinajstić information content (AvgIpc) is 2.31. The van der Waals surface area contributed by atoms with Gasteiger partial charge in [0.2, 0.25) is 0 Å². The molecule has 1 aromatic carbocycles. The number of hydrogen-bond donors (Lipinski definition) is 2. The lowest BCUT2D eigenvalue weighted by atomic mass is 9.95. The second-order valence-electron chi connectivity index (χ2n) is 4.70. The Bertz CT molecular complexity index is 343. The molecular formula is C14H23NO. The standard InChI is InChI=1S/C14H23NO/c1-5-14(4,6-2)15-10-12-9-7-8-11(3)13(12)16/h7-9,15-16H,5-6,10H2,1-4H3. The number of phenolic OH excluding ortho intramolecular Hbond substituents is 1. The molecule has 0 aromatic heterocycles. The summed E-state index contributed by atoms with van der Waals surface area (Å²) < 4.78 is 0. The van der Waals surface area contributed by atoms with Gasteiger partial charge in [0, 0.05) is 17.6 Å². The van der Waals surface area contributed by atoms with E-state index in [2.05, 4.69) is 26.1 Å². The van der Waals surface area contributed by atoms with Crippen LogP contribution in [-0.2, 0) is 6.54 Å². The number of nitrogens with one attached hydrogen (secondary N) is 1. The van der Waals surface area contributed by atoms with Crippen molar-refractivity contribution in [2.75, 3.05) is 0 Å². The summed E-state index contributed by atoms with van der Waals surface area (Å²) in [7, 11) is 0. The molecule has 90 valence electrons. The summed E-state index contributed by atoms with van der Waals surface area (Å²) in [5.41, 5.74) is 2.08. The minimum absolute atomic E-state index is 0.163. The minimum atomic E-state index is 0.163. The van der Waals surface area contributed by atoms with Gasteiger partial charge in [-0.2, -0.15) is 0 Å². The van der Waals surface area contributed by atoms with Crippen LogP contribution in [0.2, 0.25) is 0 Å². The number of hydrogen-bond acceptors (Lipinski definition) is 2. The summed E-state index contributed by atoms with van der Waals surface area (Å²) in [6.07, 6.45) is 2.19. The van der Waals surface area contributed by atoms with Crippen molar-refractivity contribution in [3.8, 4) is 5.75 Å². The molecule has 2 heteroatoms. The van der Waals surface area contributed by atoms with E-state index >= 15 is 0 Å². The van der Waals surface area contributed by atoms with E-state index in [1.165, 1.54) is 0 Å². The van der Waals surface area contributed by atoms with Gasteiger partial charge in [-0.25, -0.2) is 0 Å². The molecule has 0 aliphatic heterocycles. The largest absolute Gasteiger partial charge is 0.507 e. The number of benzene rings is 1. The Hall–Kier alpha value is -1.02. The maximum Gasteiger partial charge on any atom is 0.122 e. The van der Waals surface area contributed by atoms with Crippen molar-refractivity contribution in [1.82, 2.24) is 5.32 Å². The molecule has 2 nitrogen and oxygen atoms in total. The molecule has 0 radical (unpaired) electrons. The fourth-order valence-corrected chi connectivity index (χ4v) is 1.67. The van der Waals surface area contributed by atoms with Crippen LogP contribution in [-0.4, -0.2) is 10.6 Å². The van der Waals surface area contributed by atoms with E-state index in [-0.39, 0.29) is 5.54 Å². The highest BCUT2D eigenvalue weighted by Gasteiger charge is 2.18. The van der Waals surface area contributed by atoms with Gasteiger partial charge >= 0.3 is 0 Å². The Labute approximate surface area is 98.7 Å². The summed E-state index contributed by atoms with van der Waals surface area (Å²) in [4.78, 5) is 0. The lowest BCUT2D eigenvalue weighted by molar-refractivity contribution is 0.326. The molecule has 1 aromatic rings. The van der Waals surface area contributed by atoms with Crippen molar-refractivity contribution in [3.05, 3.63) is 29.3 Å². The van der Waals surface area contributed by atoms with E-state index in [0.717, 1.165) is 30.5 Å². The number of aryl methyl sites for hydroxylation is 1. The maximum atomic E-state index is 9.90. The summed E-state index contributed by atoms with van der Waals surface area (Å²) in [5, 5.41) is 13.4. The minimum Gasteiger partial charge on any atom is -0.507 e. The second-order valence-corrected chi connectivity index (χ2v) is 4.70. The van der Waals surface area contributed by atoms with E-state index in [4.69, 9.17) is 0 Å². The van der Waals surface area contributed by atoms with Crippen molar-refractivity contribution >= 4 is 0 Å². The first-order chi connectivity index (χ1) is 7.52. The lowest BCUT2D eigenvalue weighted by Crippen LogP contribution is -2.40. The molecule has 0 saturated heterocycles. The molecule has 16 heavy (non-hydrogen) atoms. The fraction of sp³-hybridized carbons (Fsp3) is 0.571. The van der Waals surface area contributed by atoms with Gasteiger partial charge in [-0.1, -0.05) is 32.0 Å². The second kappa shape index (κ2) is 5.35. The molecule has 0 atom stereocenters. The third-order valence-electron chi connectivity index (χ3n) is 3.59. The zero-order chi connectivity index (χ0) is 12.2. The van der Waals surface area contributed by atoms with Gasteiger partial charge in [-0.05, 0) is 32.3 Å². The first-order valence-electron chi connectivity index (χ1n) is 6.05. The molecule has 0 aliphatic carbocycles. The van der Waals surface area contributed by atoms with Crippen LogP contribution in [0, 0.1) is 6.92 Å². The van der Waals surface area contributed by atoms with Crippen molar-refractivity contribution in [1.29, 1.82) is 0 Å². The smallest absolute Gasteiger partial charge is 0.122 e. The summed E-state index contributed by atoms with van der Waals surface area (Å²) in [6, 6.07) is 5.89. The van der Waals surface area contributed by atoms with E-state index in [0.29, 0.717) is 5.75 Å². The van der Waals surface area contributed by atoms with Gasteiger partial charge in [-0.3, -0.25) is 0 Å². The Morgan fingerprint density at radius 2 is 1.88 bits per heavy atom. The molecule has 0 fully saturated rings. The molecular weight excluding hydrogens is 198 g/mol. The molecule has 0 heterocycles. The van der Waals surface area contributed by atoms with Crippen LogP contribution in [0.15, 0.2) is 18.2 Å². The highest BCUT2D eigenvalue weighted by Crippen LogP contribution is 2.22. The molecule has 0 saturated carbocycles. The van der Waals surface area contributed by atoms with Crippen LogP contribution < -0.4 is 5.32 Å². The molecule has 2 N–H and O–H groups in total. The van der Waals surface area contributed by atoms with Crippen molar-refractivity contribution in [2.45, 2.75) is 52.6 Å². The van der Waals surface area contributed by atoms with Gasteiger partial charge in [0.05, 0.1) is 0 Å². The molecule has 0 aliphatic rings. The number of para-hydroxylation sites is 1. The highest BCUT2D eigenvalue weighted by atomic mass is 16.3. The molecule has 0 unspecified atom stereocenters. The molecule has 0 spiro atoms. The van der Waals surface area contributed by atoms with Gasteiger partial charge in [0.15, 0.2) is 0 Å². The van der Waals surface area contributed by atoms with E-state index in [1.807, 2.05) is 25.1 Å². The highest BCUT2D eigenvalue weighted by molar-refractivity contribution is 5.39. The van der Waals surface area contributed by atoms with Crippen LogP contribution >= 0.6 is 0 Å². The Kier molecular flexibility index (Phi) is 4.36. The van der Waals surface area contributed by atoms with Gasteiger partial charge in [0.25, 0.3) is 0 Å². The van der Waals surface area contributed by atoms with Crippen LogP contribution in [0.1, 0.15) is 44.7 Å². The predicted octanol–water partition coefficient (Wildman–Crippen LogP) is 3.37. The Morgan fingerprint density at radius 3 is 2.44 bits per heavy atom. The zero-order valence-electron chi connectivity index (χ0n) is 10.8. The SMILES string of the molecule is CCC(C)(CC)NCc1cccc(C)c1O. The predicted molar refractivity (Wildman–Crippen MR) is 68.7 cm³/mol. The van der Waals surface area contributed by atoms with Crippen LogP contribution in [0.4, 0.5) is 0 Å². The van der Waals surface area contributed by atoms with E-state index < -0.39 is 0 Å². The topological polar surface area (TPSA) is 32.3 Å². The van der Waals surface area contributed by atoms with E-state index in [9.17, 15) is 5.11 Å². The maximum absolute atomic E-state index is 9.90.